The third-order valence-corrected chi connectivity index (χ3v) is 5.26. The second-order valence-corrected chi connectivity index (χ2v) is 6.83. The minimum Gasteiger partial charge on any atom is -0.495 e. The number of aromatic nitrogens is 1. The molecule has 3 heterocycles. The molecule has 0 aliphatic carbocycles. The van der Waals surface area contributed by atoms with Crippen LogP contribution in [0.25, 0.3) is 11.1 Å². The van der Waals surface area contributed by atoms with Crippen LogP contribution in [-0.2, 0) is 6.54 Å². The van der Waals surface area contributed by atoms with E-state index in [1.54, 1.807) is 13.2 Å². The average Bonchev–Trinajstić information content (AvgIpc) is 2.56. The summed E-state index contributed by atoms with van der Waals surface area (Å²) < 4.78 is 7.24. The lowest BCUT2D eigenvalue weighted by molar-refractivity contribution is 0.257. The van der Waals surface area contributed by atoms with E-state index in [0.29, 0.717) is 22.6 Å². The zero-order chi connectivity index (χ0) is 16.0. The summed E-state index contributed by atoms with van der Waals surface area (Å²) in [5.74, 6) is 1.62. The van der Waals surface area contributed by atoms with Gasteiger partial charge in [-0.2, -0.15) is 0 Å². The number of piperidine rings is 1. The van der Waals surface area contributed by atoms with Crippen LogP contribution in [0.4, 0.5) is 0 Å². The van der Waals surface area contributed by atoms with E-state index in [-0.39, 0.29) is 5.56 Å². The minimum absolute atomic E-state index is 0.0861. The second kappa shape index (κ2) is 5.69. The number of pyridine rings is 1. The first-order valence-corrected chi connectivity index (χ1v) is 8.33. The molecule has 0 radical (unpaired) electrons. The van der Waals surface area contributed by atoms with Crippen LogP contribution in [0.1, 0.15) is 18.0 Å². The van der Waals surface area contributed by atoms with E-state index in [1.807, 2.05) is 22.8 Å². The fourth-order valence-corrected chi connectivity index (χ4v) is 4.00. The molecule has 2 aliphatic heterocycles. The zero-order valence-corrected chi connectivity index (χ0v) is 13.8. The van der Waals surface area contributed by atoms with Gasteiger partial charge in [0, 0.05) is 30.8 Å². The van der Waals surface area contributed by atoms with E-state index >= 15 is 0 Å². The molecule has 1 fully saturated rings. The fourth-order valence-electron chi connectivity index (χ4n) is 3.81. The standard InChI is InChI=1S/C18H19ClN2O2/c1-23-17-6-12(2-3-15(17)19)13-5-16-14-4-11(8-20-9-14)10-21(16)18(22)7-13/h2-3,5-7,11,14,20H,4,8-10H2,1H3/t11-,14+/m0/s1. The summed E-state index contributed by atoms with van der Waals surface area (Å²) in [4.78, 5) is 12.6. The highest BCUT2D eigenvalue weighted by atomic mass is 35.5. The highest BCUT2D eigenvalue weighted by molar-refractivity contribution is 6.32. The Bertz CT molecular complexity index is 815. The number of fused-ring (bicyclic) bond motifs is 4. The number of ether oxygens (including phenoxy) is 1. The molecule has 23 heavy (non-hydrogen) atoms. The molecule has 4 nitrogen and oxygen atoms in total. The molecule has 0 saturated carbocycles. The van der Waals surface area contributed by atoms with E-state index in [4.69, 9.17) is 16.3 Å². The van der Waals surface area contributed by atoms with Gasteiger partial charge < -0.3 is 14.6 Å². The van der Waals surface area contributed by atoms with Crippen LogP contribution in [0.5, 0.6) is 5.75 Å². The van der Waals surface area contributed by atoms with Crippen molar-refractivity contribution < 1.29 is 4.74 Å². The first kappa shape index (κ1) is 14.8. The summed E-state index contributed by atoms with van der Waals surface area (Å²) in [7, 11) is 1.60. The lowest BCUT2D eigenvalue weighted by atomic mass is 9.83. The van der Waals surface area contributed by atoms with Crippen LogP contribution < -0.4 is 15.6 Å². The molecule has 1 saturated heterocycles. The van der Waals surface area contributed by atoms with Crippen molar-refractivity contribution in [2.24, 2.45) is 5.92 Å². The summed E-state index contributed by atoms with van der Waals surface area (Å²) in [5.41, 5.74) is 3.12. The molecule has 2 aliphatic rings. The number of nitrogens with zero attached hydrogens (tertiary/aromatic N) is 1. The number of hydrogen-bond acceptors (Lipinski definition) is 3. The van der Waals surface area contributed by atoms with Crippen molar-refractivity contribution >= 4 is 11.6 Å². The maximum Gasteiger partial charge on any atom is 0.251 e. The SMILES string of the molecule is COc1cc(-c2cc3n(c(=O)c2)C[C@@H]2CNC[C@H]3C2)ccc1Cl. The van der Waals surface area contributed by atoms with Gasteiger partial charge in [-0.05, 0) is 48.2 Å². The van der Waals surface area contributed by atoms with Gasteiger partial charge in [-0.3, -0.25) is 4.79 Å². The number of benzene rings is 1. The average molecular weight is 331 g/mol. The Hall–Kier alpha value is -1.78. The van der Waals surface area contributed by atoms with Gasteiger partial charge >= 0.3 is 0 Å². The molecule has 2 aromatic rings. The predicted octanol–water partition coefficient (Wildman–Crippen LogP) is 2.88. The summed E-state index contributed by atoms with van der Waals surface area (Å²) in [6.07, 6.45) is 1.17. The molecule has 4 rings (SSSR count). The van der Waals surface area contributed by atoms with Crippen LogP contribution in [0.2, 0.25) is 5.02 Å². The molecule has 1 aromatic heterocycles. The van der Waals surface area contributed by atoms with E-state index < -0.39 is 0 Å². The minimum atomic E-state index is 0.0861. The second-order valence-electron chi connectivity index (χ2n) is 6.42. The van der Waals surface area contributed by atoms with Gasteiger partial charge in [-0.1, -0.05) is 17.7 Å². The maximum atomic E-state index is 12.6. The normalized spacial score (nSPS) is 22.5. The van der Waals surface area contributed by atoms with Crippen LogP contribution >= 0.6 is 11.6 Å². The van der Waals surface area contributed by atoms with Crippen molar-refractivity contribution in [3.8, 4) is 16.9 Å². The summed E-state index contributed by atoms with van der Waals surface area (Å²) in [5, 5.41) is 4.05. The lowest BCUT2D eigenvalue weighted by Crippen LogP contribution is -2.44. The molecule has 2 atom stereocenters. The highest BCUT2D eigenvalue weighted by Crippen LogP contribution is 2.35. The molecule has 2 bridgehead atoms. The third-order valence-electron chi connectivity index (χ3n) is 4.95. The van der Waals surface area contributed by atoms with Crippen molar-refractivity contribution in [1.82, 2.24) is 9.88 Å². The molecule has 5 heteroatoms. The van der Waals surface area contributed by atoms with Gasteiger partial charge in [0.15, 0.2) is 0 Å². The Morgan fingerprint density at radius 1 is 1.22 bits per heavy atom. The number of rotatable bonds is 2. The molecular weight excluding hydrogens is 312 g/mol. The van der Waals surface area contributed by atoms with Gasteiger partial charge in [0.1, 0.15) is 5.75 Å². The van der Waals surface area contributed by atoms with Gasteiger partial charge in [-0.15, -0.1) is 0 Å². The van der Waals surface area contributed by atoms with Crippen molar-refractivity contribution in [3.05, 3.63) is 51.4 Å². The highest BCUT2D eigenvalue weighted by Gasteiger charge is 2.31. The maximum absolute atomic E-state index is 12.6. The molecule has 0 amide bonds. The largest absolute Gasteiger partial charge is 0.495 e. The topological polar surface area (TPSA) is 43.3 Å². The summed E-state index contributed by atoms with van der Waals surface area (Å²) >= 11 is 6.10. The van der Waals surface area contributed by atoms with E-state index in [9.17, 15) is 4.79 Å². The first-order valence-electron chi connectivity index (χ1n) is 7.95. The molecule has 1 aromatic carbocycles. The Kier molecular flexibility index (Phi) is 3.66. The van der Waals surface area contributed by atoms with Crippen molar-refractivity contribution in [1.29, 1.82) is 0 Å². The van der Waals surface area contributed by atoms with Crippen LogP contribution in [0.3, 0.4) is 0 Å². The molecule has 0 unspecified atom stereocenters. The Balaban J connectivity index is 1.82. The smallest absolute Gasteiger partial charge is 0.251 e. The zero-order valence-electron chi connectivity index (χ0n) is 13.0. The van der Waals surface area contributed by atoms with Crippen molar-refractivity contribution in [2.45, 2.75) is 18.9 Å². The van der Waals surface area contributed by atoms with Crippen LogP contribution in [0.15, 0.2) is 35.1 Å². The van der Waals surface area contributed by atoms with E-state index in [1.165, 1.54) is 6.42 Å². The van der Waals surface area contributed by atoms with Crippen LogP contribution in [0, 0.1) is 5.92 Å². The number of nitrogens with one attached hydrogen (secondary N) is 1. The van der Waals surface area contributed by atoms with Gasteiger partial charge in [0.2, 0.25) is 0 Å². The number of halogens is 1. The molecule has 120 valence electrons. The Morgan fingerprint density at radius 2 is 2.09 bits per heavy atom. The molecular formula is C18H19ClN2O2. The van der Waals surface area contributed by atoms with E-state index in [2.05, 4.69) is 11.4 Å². The van der Waals surface area contributed by atoms with Gasteiger partial charge in [0.05, 0.1) is 12.1 Å². The molecule has 0 spiro atoms. The van der Waals surface area contributed by atoms with Gasteiger partial charge in [0.25, 0.3) is 5.56 Å². The van der Waals surface area contributed by atoms with E-state index in [0.717, 1.165) is 36.5 Å². The quantitative estimate of drug-likeness (QED) is 0.920. The summed E-state index contributed by atoms with van der Waals surface area (Å²) in [6.45, 7) is 2.78. The predicted molar refractivity (Wildman–Crippen MR) is 91.4 cm³/mol. The van der Waals surface area contributed by atoms with Gasteiger partial charge in [-0.25, -0.2) is 0 Å². The van der Waals surface area contributed by atoms with Crippen molar-refractivity contribution in [2.75, 3.05) is 20.2 Å². The first-order chi connectivity index (χ1) is 11.2. The third kappa shape index (κ3) is 2.56. The monoisotopic (exact) mass is 330 g/mol. The number of hydrogen-bond donors (Lipinski definition) is 1. The Morgan fingerprint density at radius 3 is 2.91 bits per heavy atom. The van der Waals surface area contributed by atoms with Crippen LogP contribution in [-0.4, -0.2) is 24.8 Å². The summed E-state index contributed by atoms with van der Waals surface area (Å²) in [6, 6.07) is 9.50. The van der Waals surface area contributed by atoms with Crippen molar-refractivity contribution in [3.63, 3.8) is 0 Å². The fraction of sp³-hybridized carbons (Fsp3) is 0.389. The Labute approximate surface area is 140 Å². The lowest BCUT2D eigenvalue weighted by Gasteiger charge is -2.37. The number of methoxy groups -OCH3 is 1. The molecule has 1 N–H and O–H groups in total.